The summed E-state index contributed by atoms with van der Waals surface area (Å²) in [7, 11) is 0. The van der Waals surface area contributed by atoms with Gasteiger partial charge in [-0.15, -0.1) is 0 Å². The Bertz CT molecular complexity index is 355. The summed E-state index contributed by atoms with van der Waals surface area (Å²) in [4.78, 5) is 3.72. The first-order valence-electron chi connectivity index (χ1n) is 5.31. The van der Waals surface area contributed by atoms with Crippen molar-refractivity contribution in [1.29, 1.82) is 0 Å². The molecule has 0 amide bonds. The fraction of sp³-hybridized carbons (Fsp3) is 0.545. The van der Waals surface area contributed by atoms with E-state index >= 15 is 0 Å². The van der Waals surface area contributed by atoms with E-state index in [0.717, 1.165) is 24.4 Å². The second kappa shape index (κ2) is 6.26. The van der Waals surface area contributed by atoms with Crippen molar-refractivity contribution >= 4 is 11.8 Å². The van der Waals surface area contributed by atoms with Gasteiger partial charge < -0.3 is 5.73 Å². The number of rotatable bonds is 5. The van der Waals surface area contributed by atoms with Gasteiger partial charge >= 0.3 is 6.18 Å². The van der Waals surface area contributed by atoms with E-state index in [1.54, 1.807) is 11.8 Å². The van der Waals surface area contributed by atoms with Crippen LogP contribution >= 0.6 is 11.8 Å². The minimum Gasteiger partial charge on any atom is -0.323 e. The number of hydrogen-bond acceptors (Lipinski definition) is 3. The standard InChI is InChI=1S/C11H15F3N2S/c1-2-5-17-7-10(15)8-6-16-4-3-9(8)11(12,13)14/h3-4,6,10H,2,5,7,15H2,1H3. The van der Waals surface area contributed by atoms with Crippen LogP contribution in [0, 0.1) is 0 Å². The number of pyridine rings is 1. The number of nitrogens with two attached hydrogens (primary N) is 1. The molecule has 96 valence electrons. The average molecular weight is 264 g/mol. The topological polar surface area (TPSA) is 38.9 Å². The maximum Gasteiger partial charge on any atom is 0.416 e. The van der Waals surface area contributed by atoms with Crippen molar-refractivity contribution in [3.63, 3.8) is 0 Å². The third kappa shape index (κ3) is 4.20. The lowest BCUT2D eigenvalue weighted by molar-refractivity contribution is -0.138. The van der Waals surface area contributed by atoms with E-state index in [-0.39, 0.29) is 5.56 Å². The van der Waals surface area contributed by atoms with Gasteiger partial charge in [0, 0.05) is 29.8 Å². The number of thioether (sulfide) groups is 1. The minimum atomic E-state index is -4.37. The van der Waals surface area contributed by atoms with Gasteiger partial charge in [-0.2, -0.15) is 24.9 Å². The van der Waals surface area contributed by atoms with Gasteiger partial charge in [-0.3, -0.25) is 4.98 Å². The van der Waals surface area contributed by atoms with Crippen LogP contribution in [0.1, 0.15) is 30.5 Å². The Hall–Kier alpha value is -0.750. The maximum absolute atomic E-state index is 12.7. The third-order valence-corrected chi connectivity index (χ3v) is 3.49. The molecule has 0 aliphatic carbocycles. The van der Waals surface area contributed by atoms with Crippen molar-refractivity contribution in [2.24, 2.45) is 5.73 Å². The molecular formula is C11H15F3N2S. The van der Waals surface area contributed by atoms with Gasteiger partial charge in [-0.1, -0.05) is 6.92 Å². The van der Waals surface area contributed by atoms with Gasteiger partial charge in [0.2, 0.25) is 0 Å². The van der Waals surface area contributed by atoms with E-state index < -0.39 is 17.8 Å². The molecule has 0 saturated heterocycles. The second-order valence-corrected chi connectivity index (χ2v) is 4.79. The van der Waals surface area contributed by atoms with E-state index in [1.807, 2.05) is 6.92 Å². The molecule has 1 aromatic rings. The normalized spacial score (nSPS) is 13.7. The van der Waals surface area contributed by atoms with E-state index in [2.05, 4.69) is 4.98 Å². The molecule has 6 heteroatoms. The molecule has 1 heterocycles. The summed E-state index contributed by atoms with van der Waals surface area (Å²) in [5.41, 5.74) is 5.16. The zero-order chi connectivity index (χ0) is 12.9. The average Bonchev–Trinajstić information content (AvgIpc) is 2.28. The number of halogens is 3. The van der Waals surface area contributed by atoms with Crippen molar-refractivity contribution in [2.45, 2.75) is 25.6 Å². The van der Waals surface area contributed by atoms with Crippen molar-refractivity contribution in [1.82, 2.24) is 4.98 Å². The van der Waals surface area contributed by atoms with Gasteiger partial charge in [0.05, 0.1) is 5.56 Å². The lowest BCUT2D eigenvalue weighted by Crippen LogP contribution is -2.19. The highest BCUT2D eigenvalue weighted by atomic mass is 32.2. The lowest BCUT2D eigenvalue weighted by atomic mass is 10.0. The highest BCUT2D eigenvalue weighted by Gasteiger charge is 2.34. The molecule has 1 unspecified atom stereocenters. The largest absolute Gasteiger partial charge is 0.416 e. The Balaban J connectivity index is 2.82. The predicted molar refractivity (Wildman–Crippen MR) is 63.8 cm³/mol. The first-order chi connectivity index (χ1) is 7.96. The van der Waals surface area contributed by atoms with Crippen LogP contribution < -0.4 is 5.73 Å². The Labute approximate surface area is 103 Å². The zero-order valence-electron chi connectivity index (χ0n) is 9.50. The van der Waals surface area contributed by atoms with E-state index in [0.29, 0.717) is 5.75 Å². The van der Waals surface area contributed by atoms with Gasteiger partial charge in [0.25, 0.3) is 0 Å². The summed E-state index contributed by atoms with van der Waals surface area (Å²) in [5, 5.41) is 0. The van der Waals surface area contributed by atoms with Crippen LogP contribution in [-0.4, -0.2) is 16.5 Å². The number of alkyl halides is 3. The Morgan fingerprint density at radius 3 is 2.76 bits per heavy atom. The number of hydrogen-bond donors (Lipinski definition) is 1. The summed E-state index contributed by atoms with van der Waals surface area (Å²) in [6.07, 6.45) is -1.04. The van der Waals surface area contributed by atoms with E-state index in [4.69, 9.17) is 5.73 Å². The first kappa shape index (κ1) is 14.3. The molecule has 0 saturated carbocycles. The number of aromatic nitrogens is 1. The SMILES string of the molecule is CCCSCC(N)c1cnccc1C(F)(F)F. The summed E-state index contributed by atoms with van der Waals surface area (Å²) in [5.74, 6) is 1.37. The molecule has 1 aromatic heterocycles. The van der Waals surface area contributed by atoms with Crippen molar-refractivity contribution in [2.75, 3.05) is 11.5 Å². The Kier molecular flexibility index (Phi) is 5.27. The molecule has 0 spiro atoms. The molecule has 2 nitrogen and oxygen atoms in total. The van der Waals surface area contributed by atoms with Crippen LogP contribution in [-0.2, 0) is 6.18 Å². The fourth-order valence-corrected chi connectivity index (χ4v) is 2.29. The van der Waals surface area contributed by atoms with Crippen molar-refractivity contribution in [3.05, 3.63) is 29.6 Å². The van der Waals surface area contributed by atoms with E-state index in [1.165, 1.54) is 6.20 Å². The summed E-state index contributed by atoms with van der Waals surface area (Å²) in [6.45, 7) is 2.02. The highest BCUT2D eigenvalue weighted by molar-refractivity contribution is 7.99. The van der Waals surface area contributed by atoms with Gasteiger partial charge in [-0.05, 0) is 18.2 Å². The van der Waals surface area contributed by atoms with Crippen molar-refractivity contribution in [3.8, 4) is 0 Å². The third-order valence-electron chi connectivity index (χ3n) is 2.20. The molecule has 1 atom stereocenters. The molecule has 0 aliphatic rings. The molecule has 2 N–H and O–H groups in total. The molecule has 1 rings (SSSR count). The fourth-order valence-electron chi connectivity index (χ4n) is 1.40. The number of nitrogens with zero attached hydrogens (tertiary/aromatic N) is 1. The highest BCUT2D eigenvalue weighted by Crippen LogP contribution is 2.34. The summed E-state index contributed by atoms with van der Waals surface area (Å²) in [6, 6.07) is 0.344. The molecule has 0 aliphatic heterocycles. The summed E-state index contributed by atoms with van der Waals surface area (Å²) >= 11 is 1.56. The predicted octanol–water partition coefficient (Wildman–Crippen LogP) is 3.24. The van der Waals surface area contributed by atoms with Crippen LogP contribution in [0.15, 0.2) is 18.5 Å². The smallest absolute Gasteiger partial charge is 0.323 e. The quantitative estimate of drug-likeness (QED) is 0.830. The molecule has 0 radical (unpaired) electrons. The van der Waals surface area contributed by atoms with Crippen molar-refractivity contribution < 1.29 is 13.2 Å². The molecule has 0 bridgehead atoms. The van der Waals surface area contributed by atoms with Gasteiger partial charge in [0.15, 0.2) is 0 Å². The zero-order valence-corrected chi connectivity index (χ0v) is 10.3. The van der Waals surface area contributed by atoms with E-state index in [9.17, 15) is 13.2 Å². The van der Waals surface area contributed by atoms with Crippen LogP contribution in [0.2, 0.25) is 0 Å². The van der Waals surface area contributed by atoms with Crippen LogP contribution in [0.5, 0.6) is 0 Å². The van der Waals surface area contributed by atoms with Gasteiger partial charge in [-0.25, -0.2) is 0 Å². The summed E-state index contributed by atoms with van der Waals surface area (Å²) < 4.78 is 38.1. The van der Waals surface area contributed by atoms with Crippen LogP contribution in [0.25, 0.3) is 0 Å². The molecule has 0 aromatic carbocycles. The molecule has 17 heavy (non-hydrogen) atoms. The monoisotopic (exact) mass is 264 g/mol. The minimum absolute atomic E-state index is 0.0728. The van der Waals surface area contributed by atoms with Gasteiger partial charge in [0.1, 0.15) is 0 Å². The lowest BCUT2D eigenvalue weighted by Gasteiger charge is -2.17. The molecular weight excluding hydrogens is 249 g/mol. The molecule has 0 fully saturated rings. The van der Waals surface area contributed by atoms with Crippen LogP contribution in [0.4, 0.5) is 13.2 Å². The van der Waals surface area contributed by atoms with Crippen LogP contribution in [0.3, 0.4) is 0 Å². The second-order valence-electron chi connectivity index (χ2n) is 3.64. The first-order valence-corrected chi connectivity index (χ1v) is 6.46. The Morgan fingerprint density at radius 1 is 1.47 bits per heavy atom. The maximum atomic E-state index is 12.7. The Morgan fingerprint density at radius 2 is 2.18 bits per heavy atom.